The first-order valence-corrected chi connectivity index (χ1v) is 11.2. The van der Waals surface area contributed by atoms with Crippen LogP contribution in [0.1, 0.15) is 27.5 Å². The molecule has 0 unspecified atom stereocenters. The third-order valence-electron chi connectivity index (χ3n) is 5.53. The first kappa shape index (κ1) is 21.7. The maximum absolute atomic E-state index is 13.2. The summed E-state index contributed by atoms with van der Waals surface area (Å²) in [6.45, 7) is 0.775. The average Bonchev–Trinajstić information content (AvgIpc) is 3.49. The number of fused-ring (bicyclic) bond motifs is 1. The van der Waals surface area contributed by atoms with Gasteiger partial charge < -0.3 is 19.3 Å². The van der Waals surface area contributed by atoms with Crippen molar-refractivity contribution in [2.45, 2.75) is 6.04 Å². The molecule has 3 heterocycles. The van der Waals surface area contributed by atoms with Crippen LogP contribution in [0.4, 0.5) is 5.13 Å². The van der Waals surface area contributed by atoms with Crippen molar-refractivity contribution in [2.75, 3.05) is 25.2 Å². The normalized spacial score (nSPS) is 18.7. The van der Waals surface area contributed by atoms with Gasteiger partial charge in [-0.2, -0.15) is 0 Å². The third-order valence-corrected chi connectivity index (χ3v) is 6.30. The van der Waals surface area contributed by atoms with Crippen LogP contribution in [0.15, 0.2) is 59.6 Å². The van der Waals surface area contributed by atoms with Gasteiger partial charge in [0.15, 0.2) is 16.6 Å². The maximum Gasteiger partial charge on any atom is 0.337 e. The topological polar surface area (TPSA) is 115 Å². The minimum absolute atomic E-state index is 0.0947. The molecule has 0 radical (unpaired) electrons. The maximum atomic E-state index is 13.2. The van der Waals surface area contributed by atoms with E-state index < -0.39 is 23.7 Å². The number of amides is 1. The number of ether oxygens (including phenoxy) is 3. The highest BCUT2D eigenvalue weighted by Crippen LogP contribution is 2.43. The zero-order chi connectivity index (χ0) is 23.8. The summed E-state index contributed by atoms with van der Waals surface area (Å²) in [5, 5.41) is 13.2. The second-order valence-electron chi connectivity index (χ2n) is 7.46. The number of aromatic nitrogens is 1. The summed E-state index contributed by atoms with van der Waals surface area (Å²) in [7, 11) is 1.28. The smallest absolute Gasteiger partial charge is 0.337 e. The molecular formula is C24H18N2O7S. The Labute approximate surface area is 197 Å². The van der Waals surface area contributed by atoms with Crippen molar-refractivity contribution >= 4 is 39.9 Å². The predicted octanol–water partition coefficient (Wildman–Crippen LogP) is 3.33. The van der Waals surface area contributed by atoms with Crippen LogP contribution in [0.5, 0.6) is 11.5 Å². The van der Waals surface area contributed by atoms with Crippen molar-refractivity contribution in [3.05, 3.63) is 76.3 Å². The second kappa shape index (κ2) is 8.64. The van der Waals surface area contributed by atoms with E-state index in [0.29, 0.717) is 46.5 Å². The van der Waals surface area contributed by atoms with E-state index in [-0.39, 0.29) is 11.3 Å². The summed E-state index contributed by atoms with van der Waals surface area (Å²) in [6, 6.07) is 10.1. The van der Waals surface area contributed by atoms with Gasteiger partial charge in [-0.1, -0.05) is 12.1 Å². The Balaban J connectivity index is 1.65. The molecule has 10 heteroatoms. The number of hydrogen-bond donors (Lipinski definition) is 1. The highest BCUT2D eigenvalue weighted by Gasteiger charge is 2.48. The quantitative estimate of drug-likeness (QED) is 0.263. The number of methoxy groups -OCH3 is 1. The van der Waals surface area contributed by atoms with Crippen molar-refractivity contribution in [2.24, 2.45) is 0 Å². The van der Waals surface area contributed by atoms with Crippen molar-refractivity contribution in [1.82, 2.24) is 4.98 Å². The molecule has 0 aliphatic carbocycles. The molecule has 0 bridgehead atoms. The van der Waals surface area contributed by atoms with E-state index in [1.807, 2.05) is 0 Å². The van der Waals surface area contributed by atoms with Gasteiger partial charge >= 0.3 is 11.9 Å². The SMILES string of the molecule is COC(=O)c1ccc([C@@H]2/C(=C(\O)c3ccc4c(c3)OCCO4)C(=O)C(=O)N2c2nccs2)cc1. The number of hydrogen-bond acceptors (Lipinski definition) is 9. The predicted molar refractivity (Wildman–Crippen MR) is 122 cm³/mol. The van der Waals surface area contributed by atoms with Gasteiger partial charge in [-0.15, -0.1) is 11.3 Å². The van der Waals surface area contributed by atoms with Gasteiger partial charge in [0.2, 0.25) is 0 Å². The third kappa shape index (κ3) is 3.57. The Morgan fingerprint density at radius 3 is 2.47 bits per heavy atom. The van der Waals surface area contributed by atoms with Gasteiger partial charge in [-0.05, 0) is 35.9 Å². The number of Topliss-reactive ketones (excluding diaryl/α,β-unsaturated/α-hetero) is 1. The van der Waals surface area contributed by atoms with Gasteiger partial charge in [0.25, 0.3) is 5.78 Å². The molecule has 2 aliphatic heterocycles. The van der Waals surface area contributed by atoms with E-state index in [1.54, 1.807) is 35.7 Å². The van der Waals surface area contributed by atoms with Crippen LogP contribution in [0, 0.1) is 0 Å². The summed E-state index contributed by atoms with van der Waals surface area (Å²) in [6.07, 6.45) is 1.53. The van der Waals surface area contributed by atoms with Crippen LogP contribution in [-0.2, 0) is 14.3 Å². The first-order valence-electron chi connectivity index (χ1n) is 10.3. The van der Waals surface area contributed by atoms with Crippen molar-refractivity contribution < 1.29 is 33.7 Å². The van der Waals surface area contributed by atoms with Gasteiger partial charge in [0.05, 0.1) is 24.3 Å². The molecule has 9 nitrogen and oxygen atoms in total. The number of esters is 1. The molecule has 172 valence electrons. The molecule has 2 aromatic carbocycles. The highest BCUT2D eigenvalue weighted by atomic mass is 32.1. The summed E-state index contributed by atoms with van der Waals surface area (Å²) >= 11 is 1.19. The van der Waals surface area contributed by atoms with E-state index in [9.17, 15) is 19.5 Å². The number of carbonyl (C=O) groups is 3. The molecule has 1 amide bonds. The molecule has 0 saturated carbocycles. The van der Waals surface area contributed by atoms with Crippen LogP contribution in [0.25, 0.3) is 5.76 Å². The fourth-order valence-electron chi connectivity index (χ4n) is 3.95. The van der Waals surface area contributed by atoms with E-state index in [0.717, 1.165) is 0 Å². The fourth-order valence-corrected chi connectivity index (χ4v) is 4.61. The molecule has 1 atom stereocenters. The van der Waals surface area contributed by atoms with E-state index >= 15 is 0 Å². The Kier molecular flexibility index (Phi) is 5.50. The van der Waals surface area contributed by atoms with E-state index in [4.69, 9.17) is 14.2 Å². The van der Waals surface area contributed by atoms with Gasteiger partial charge in [-0.3, -0.25) is 14.5 Å². The Hall–Kier alpha value is -4.18. The lowest BCUT2D eigenvalue weighted by molar-refractivity contribution is -0.132. The number of aliphatic hydroxyl groups excluding tert-OH is 1. The zero-order valence-electron chi connectivity index (χ0n) is 17.9. The zero-order valence-corrected chi connectivity index (χ0v) is 18.7. The Morgan fingerprint density at radius 2 is 1.79 bits per heavy atom. The molecule has 1 N–H and O–H groups in total. The summed E-state index contributed by atoms with van der Waals surface area (Å²) in [5.41, 5.74) is 1.03. The minimum Gasteiger partial charge on any atom is -0.507 e. The van der Waals surface area contributed by atoms with Crippen molar-refractivity contribution in [3.63, 3.8) is 0 Å². The Morgan fingerprint density at radius 1 is 1.09 bits per heavy atom. The minimum atomic E-state index is -0.953. The van der Waals surface area contributed by atoms with Gasteiger partial charge in [-0.25, -0.2) is 9.78 Å². The number of aliphatic hydroxyl groups is 1. The molecule has 3 aromatic rings. The molecule has 5 rings (SSSR count). The lowest BCUT2D eigenvalue weighted by Gasteiger charge is -2.23. The second-order valence-corrected chi connectivity index (χ2v) is 8.33. The molecule has 2 aliphatic rings. The van der Waals surface area contributed by atoms with Gasteiger partial charge in [0, 0.05) is 17.1 Å². The fraction of sp³-hybridized carbons (Fsp3) is 0.167. The average molecular weight is 478 g/mol. The summed E-state index contributed by atoms with van der Waals surface area (Å²) < 4.78 is 15.9. The molecule has 34 heavy (non-hydrogen) atoms. The van der Waals surface area contributed by atoms with Crippen LogP contribution in [-0.4, -0.2) is 48.1 Å². The van der Waals surface area contributed by atoms with Crippen molar-refractivity contribution in [1.29, 1.82) is 0 Å². The van der Waals surface area contributed by atoms with Crippen LogP contribution in [0.2, 0.25) is 0 Å². The lowest BCUT2D eigenvalue weighted by Crippen LogP contribution is -2.29. The summed E-state index contributed by atoms with van der Waals surface area (Å²) in [5.74, 6) is -1.56. The molecule has 1 aromatic heterocycles. The number of benzene rings is 2. The number of thiazole rings is 1. The van der Waals surface area contributed by atoms with Crippen LogP contribution < -0.4 is 14.4 Å². The number of rotatable bonds is 4. The van der Waals surface area contributed by atoms with Crippen LogP contribution >= 0.6 is 11.3 Å². The van der Waals surface area contributed by atoms with E-state index in [2.05, 4.69) is 4.98 Å². The monoisotopic (exact) mass is 478 g/mol. The standard InChI is InChI=1S/C24H18N2O7S/c1-31-23(30)14-4-2-13(3-5-14)19-18(21(28)22(29)26(19)24-25-8-11-34-24)20(27)15-6-7-16-17(12-15)33-10-9-32-16/h2-8,11-12,19,27H,9-10H2,1H3/b20-18+/t19-/m1/s1. The highest BCUT2D eigenvalue weighted by molar-refractivity contribution is 7.14. The number of anilines is 1. The molecule has 1 saturated heterocycles. The number of ketones is 1. The molecular weight excluding hydrogens is 460 g/mol. The van der Waals surface area contributed by atoms with E-state index in [1.165, 1.54) is 41.7 Å². The summed E-state index contributed by atoms with van der Waals surface area (Å²) in [4.78, 5) is 43.5. The number of nitrogens with zero attached hydrogens (tertiary/aromatic N) is 2. The van der Waals surface area contributed by atoms with Gasteiger partial charge in [0.1, 0.15) is 19.0 Å². The molecule has 0 spiro atoms. The molecule has 1 fully saturated rings. The first-order chi connectivity index (χ1) is 16.5. The van der Waals surface area contributed by atoms with Crippen molar-refractivity contribution in [3.8, 4) is 11.5 Å². The Bertz CT molecular complexity index is 1320. The number of carbonyl (C=O) groups excluding carboxylic acids is 3. The lowest BCUT2D eigenvalue weighted by atomic mass is 9.94. The van der Waals surface area contributed by atoms with Crippen LogP contribution in [0.3, 0.4) is 0 Å². The largest absolute Gasteiger partial charge is 0.507 e.